The predicted octanol–water partition coefficient (Wildman–Crippen LogP) is 4.39. The summed E-state index contributed by atoms with van der Waals surface area (Å²) in [4.78, 5) is 0. The highest BCUT2D eigenvalue weighted by molar-refractivity contribution is 4.84. The molecule has 1 N–H and O–H groups in total. The summed E-state index contributed by atoms with van der Waals surface area (Å²) in [6.45, 7) is 9.69. The van der Waals surface area contributed by atoms with E-state index in [1.807, 2.05) is 0 Å². The fourth-order valence-electron chi connectivity index (χ4n) is 3.62. The van der Waals surface area contributed by atoms with Crippen LogP contribution >= 0.6 is 0 Å². The van der Waals surface area contributed by atoms with Crippen LogP contribution in [0.2, 0.25) is 0 Å². The lowest BCUT2D eigenvalue weighted by atomic mass is 9.73. The molecule has 0 radical (unpaired) electrons. The van der Waals surface area contributed by atoms with Crippen molar-refractivity contribution in [3.63, 3.8) is 0 Å². The second kappa shape index (κ2) is 10.7. The number of nitrogens with one attached hydrogen (secondary N) is 1. The van der Waals surface area contributed by atoms with E-state index >= 15 is 0 Å². The average molecular weight is 269 g/mol. The Hall–Kier alpha value is -0.0800. The molecule has 0 bridgehead atoms. The van der Waals surface area contributed by atoms with Crippen LogP contribution in [0.3, 0.4) is 0 Å². The summed E-state index contributed by atoms with van der Waals surface area (Å²) in [5.41, 5.74) is 0. The molecule has 1 saturated carbocycles. The van der Waals surface area contributed by atoms with Gasteiger partial charge in [-0.2, -0.15) is 0 Å². The molecule has 0 aromatic rings. The molecule has 1 rings (SSSR count). The van der Waals surface area contributed by atoms with E-state index in [1.165, 1.54) is 57.9 Å². The summed E-state index contributed by atoms with van der Waals surface area (Å²) in [6, 6.07) is 0.727. The Balaban J connectivity index is 2.44. The number of ether oxygens (including phenoxy) is 1. The Bertz CT molecular complexity index is 207. The molecule has 1 aliphatic carbocycles. The van der Waals surface area contributed by atoms with Crippen molar-refractivity contribution in [3.8, 4) is 0 Å². The van der Waals surface area contributed by atoms with Crippen LogP contribution in [0.15, 0.2) is 0 Å². The highest BCUT2D eigenvalue weighted by Gasteiger charge is 2.29. The van der Waals surface area contributed by atoms with E-state index in [4.69, 9.17) is 4.74 Å². The fraction of sp³-hybridized carbons (Fsp3) is 1.00. The summed E-state index contributed by atoms with van der Waals surface area (Å²) in [5, 5.41) is 3.82. The molecule has 1 fully saturated rings. The highest BCUT2D eigenvalue weighted by atomic mass is 16.5. The van der Waals surface area contributed by atoms with Gasteiger partial charge in [-0.3, -0.25) is 0 Å². The summed E-state index contributed by atoms with van der Waals surface area (Å²) in [5.74, 6) is 1.86. The third kappa shape index (κ3) is 6.27. The minimum atomic E-state index is 0.727. The lowest BCUT2D eigenvalue weighted by Gasteiger charge is -2.37. The normalized spacial score (nSPS) is 25.4. The number of hydrogen-bond donors (Lipinski definition) is 1. The number of hydrogen-bond acceptors (Lipinski definition) is 2. The fourth-order valence-corrected chi connectivity index (χ4v) is 3.62. The zero-order valence-corrected chi connectivity index (χ0v) is 13.4. The predicted molar refractivity (Wildman–Crippen MR) is 83.5 cm³/mol. The Labute approximate surface area is 120 Å². The van der Waals surface area contributed by atoms with Gasteiger partial charge in [0, 0.05) is 19.3 Å². The Morgan fingerprint density at radius 3 is 2.63 bits per heavy atom. The molecule has 2 nitrogen and oxygen atoms in total. The molecule has 2 heteroatoms. The first-order chi connectivity index (χ1) is 9.33. The lowest BCUT2D eigenvalue weighted by molar-refractivity contribution is 0.125. The number of rotatable bonds is 10. The van der Waals surface area contributed by atoms with Gasteiger partial charge < -0.3 is 10.1 Å². The van der Waals surface area contributed by atoms with E-state index in [9.17, 15) is 0 Å². The monoisotopic (exact) mass is 269 g/mol. The summed E-state index contributed by atoms with van der Waals surface area (Å²) in [7, 11) is 0. The van der Waals surface area contributed by atoms with E-state index in [0.29, 0.717) is 0 Å². The van der Waals surface area contributed by atoms with Crippen molar-refractivity contribution in [2.45, 2.75) is 78.2 Å². The van der Waals surface area contributed by atoms with Gasteiger partial charge in [-0.1, -0.05) is 39.5 Å². The molecule has 0 aromatic carbocycles. The van der Waals surface area contributed by atoms with Crippen molar-refractivity contribution in [2.24, 2.45) is 11.8 Å². The maximum atomic E-state index is 5.50. The van der Waals surface area contributed by atoms with Gasteiger partial charge >= 0.3 is 0 Å². The molecule has 0 saturated heterocycles. The van der Waals surface area contributed by atoms with E-state index in [2.05, 4.69) is 26.1 Å². The van der Waals surface area contributed by atoms with E-state index in [0.717, 1.165) is 31.1 Å². The molecule has 3 atom stereocenters. The van der Waals surface area contributed by atoms with Crippen molar-refractivity contribution in [3.05, 3.63) is 0 Å². The quantitative estimate of drug-likeness (QED) is 0.594. The molecule has 0 amide bonds. The minimum absolute atomic E-state index is 0.727. The van der Waals surface area contributed by atoms with Gasteiger partial charge in [0.1, 0.15) is 0 Å². The van der Waals surface area contributed by atoms with Crippen LogP contribution < -0.4 is 5.32 Å². The standard InChI is InChI=1S/C17H35NO/c1-4-13-18-17(12-9-14-19-6-3)16-11-8-7-10-15(16)5-2/h15-18H,4-14H2,1-3H3. The minimum Gasteiger partial charge on any atom is -0.382 e. The molecule has 1 aliphatic rings. The maximum Gasteiger partial charge on any atom is 0.0466 e. The molecule has 0 heterocycles. The van der Waals surface area contributed by atoms with Crippen LogP contribution in [-0.2, 0) is 4.74 Å². The summed E-state index contributed by atoms with van der Waals surface area (Å²) in [6.07, 6.45) is 10.9. The summed E-state index contributed by atoms with van der Waals surface area (Å²) < 4.78 is 5.50. The Kier molecular flexibility index (Phi) is 9.54. The topological polar surface area (TPSA) is 21.3 Å². The van der Waals surface area contributed by atoms with Crippen molar-refractivity contribution in [1.29, 1.82) is 0 Å². The molecule has 0 aliphatic heterocycles. The molecule has 114 valence electrons. The van der Waals surface area contributed by atoms with Crippen LogP contribution in [0.25, 0.3) is 0 Å². The SMILES string of the molecule is CCCNC(CCCOCC)C1CCCCC1CC. The molecular weight excluding hydrogens is 234 g/mol. The first kappa shape index (κ1) is 17.0. The van der Waals surface area contributed by atoms with Gasteiger partial charge in [-0.05, 0) is 51.0 Å². The van der Waals surface area contributed by atoms with E-state index in [1.54, 1.807) is 0 Å². The first-order valence-electron chi connectivity index (χ1n) is 8.64. The van der Waals surface area contributed by atoms with Crippen molar-refractivity contribution >= 4 is 0 Å². The largest absolute Gasteiger partial charge is 0.382 e. The molecule has 3 unspecified atom stereocenters. The van der Waals surface area contributed by atoms with Crippen LogP contribution in [0.5, 0.6) is 0 Å². The second-order valence-electron chi connectivity index (χ2n) is 6.02. The second-order valence-corrected chi connectivity index (χ2v) is 6.02. The van der Waals surface area contributed by atoms with Gasteiger partial charge in [-0.25, -0.2) is 0 Å². The van der Waals surface area contributed by atoms with Gasteiger partial charge in [0.15, 0.2) is 0 Å². The lowest BCUT2D eigenvalue weighted by Crippen LogP contribution is -2.41. The Morgan fingerprint density at radius 2 is 1.95 bits per heavy atom. The average Bonchev–Trinajstić information content (AvgIpc) is 2.46. The third-order valence-corrected chi connectivity index (χ3v) is 4.67. The maximum absolute atomic E-state index is 5.50. The zero-order valence-electron chi connectivity index (χ0n) is 13.4. The third-order valence-electron chi connectivity index (χ3n) is 4.67. The van der Waals surface area contributed by atoms with E-state index in [-0.39, 0.29) is 0 Å². The molecule has 0 spiro atoms. The molecular formula is C17H35NO. The van der Waals surface area contributed by atoms with Crippen LogP contribution in [0, 0.1) is 11.8 Å². The van der Waals surface area contributed by atoms with Gasteiger partial charge in [0.25, 0.3) is 0 Å². The van der Waals surface area contributed by atoms with Crippen molar-refractivity contribution in [2.75, 3.05) is 19.8 Å². The Morgan fingerprint density at radius 1 is 1.16 bits per heavy atom. The van der Waals surface area contributed by atoms with Crippen molar-refractivity contribution < 1.29 is 4.74 Å². The molecule has 19 heavy (non-hydrogen) atoms. The highest BCUT2D eigenvalue weighted by Crippen LogP contribution is 2.35. The van der Waals surface area contributed by atoms with Gasteiger partial charge in [0.05, 0.1) is 0 Å². The van der Waals surface area contributed by atoms with Crippen LogP contribution in [0.1, 0.15) is 72.1 Å². The van der Waals surface area contributed by atoms with Gasteiger partial charge in [-0.15, -0.1) is 0 Å². The summed E-state index contributed by atoms with van der Waals surface area (Å²) >= 11 is 0. The van der Waals surface area contributed by atoms with E-state index < -0.39 is 0 Å². The van der Waals surface area contributed by atoms with Gasteiger partial charge in [0.2, 0.25) is 0 Å². The smallest absolute Gasteiger partial charge is 0.0466 e. The van der Waals surface area contributed by atoms with Crippen molar-refractivity contribution in [1.82, 2.24) is 5.32 Å². The van der Waals surface area contributed by atoms with Crippen LogP contribution in [-0.4, -0.2) is 25.8 Å². The first-order valence-corrected chi connectivity index (χ1v) is 8.64. The zero-order chi connectivity index (χ0) is 13.9. The molecule has 0 aromatic heterocycles. The van der Waals surface area contributed by atoms with Crippen LogP contribution in [0.4, 0.5) is 0 Å².